The first-order valence-electron chi connectivity index (χ1n) is 9.63. The van der Waals surface area contributed by atoms with Gasteiger partial charge in [0.2, 0.25) is 0 Å². The lowest BCUT2D eigenvalue weighted by Crippen LogP contribution is -2.23. The van der Waals surface area contributed by atoms with Crippen LogP contribution in [-0.2, 0) is 13.2 Å². The molecular weight excluding hydrogens is 437 g/mol. The quantitative estimate of drug-likeness (QED) is 0.388. The number of thiazole rings is 1. The Kier molecular flexibility index (Phi) is 6.51. The van der Waals surface area contributed by atoms with Crippen LogP contribution in [0.1, 0.15) is 21.6 Å². The molecule has 4 rings (SSSR count). The van der Waals surface area contributed by atoms with Crippen molar-refractivity contribution in [3.8, 4) is 16.3 Å². The zero-order valence-corrected chi connectivity index (χ0v) is 17.5. The van der Waals surface area contributed by atoms with Crippen LogP contribution in [0.5, 0.6) is 5.75 Å². The van der Waals surface area contributed by atoms with Crippen LogP contribution in [0.3, 0.4) is 0 Å². The highest BCUT2D eigenvalue weighted by molar-refractivity contribution is 7.13. The van der Waals surface area contributed by atoms with Crippen molar-refractivity contribution in [1.29, 1.82) is 0 Å². The summed E-state index contributed by atoms with van der Waals surface area (Å²) >= 11 is 1.32. The lowest BCUT2D eigenvalue weighted by atomic mass is 10.2. The Hall–Kier alpha value is -3.65. The Labute approximate surface area is 186 Å². The molecule has 0 radical (unpaired) electrons. The summed E-state index contributed by atoms with van der Waals surface area (Å²) in [5.74, 6) is -1.49. The third-order valence-corrected chi connectivity index (χ3v) is 5.48. The molecule has 1 aromatic heterocycles. The number of halogens is 3. The molecule has 0 saturated heterocycles. The second-order valence-corrected chi connectivity index (χ2v) is 7.76. The van der Waals surface area contributed by atoms with Gasteiger partial charge in [-0.1, -0.05) is 12.1 Å². The maximum Gasteiger partial charge on any atom is 0.271 e. The average Bonchev–Trinajstić information content (AvgIpc) is 3.28. The Morgan fingerprint density at radius 3 is 2.50 bits per heavy atom. The highest BCUT2D eigenvalue weighted by Crippen LogP contribution is 2.26. The van der Waals surface area contributed by atoms with Crippen molar-refractivity contribution in [2.24, 2.45) is 0 Å². The molecule has 1 amide bonds. The van der Waals surface area contributed by atoms with Crippen molar-refractivity contribution in [3.05, 3.63) is 106 Å². The molecule has 1 N–H and O–H groups in total. The molecule has 162 valence electrons. The molecule has 0 spiro atoms. The Morgan fingerprint density at radius 1 is 0.969 bits per heavy atom. The van der Waals surface area contributed by atoms with Gasteiger partial charge < -0.3 is 10.1 Å². The summed E-state index contributed by atoms with van der Waals surface area (Å²) in [5.41, 5.74) is 1.97. The molecule has 0 atom stereocenters. The number of amides is 1. The molecule has 4 aromatic rings. The summed E-state index contributed by atoms with van der Waals surface area (Å²) in [4.78, 5) is 16.7. The van der Waals surface area contributed by atoms with Gasteiger partial charge >= 0.3 is 0 Å². The molecule has 3 aromatic carbocycles. The van der Waals surface area contributed by atoms with Gasteiger partial charge in [-0.25, -0.2) is 18.2 Å². The summed E-state index contributed by atoms with van der Waals surface area (Å²) < 4.78 is 45.5. The van der Waals surface area contributed by atoms with Gasteiger partial charge in [-0.15, -0.1) is 11.3 Å². The molecule has 0 aliphatic heterocycles. The first-order valence-corrected chi connectivity index (χ1v) is 10.5. The normalized spacial score (nSPS) is 10.7. The van der Waals surface area contributed by atoms with Gasteiger partial charge in [-0.05, 0) is 54.1 Å². The fourth-order valence-electron chi connectivity index (χ4n) is 2.92. The highest BCUT2D eigenvalue weighted by atomic mass is 32.1. The Bertz CT molecular complexity index is 1240. The fourth-order valence-corrected chi connectivity index (χ4v) is 3.73. The van der Waals surface area contributed by atoms with Gasteiger partial charge in [0.05, 0.1) is 0 Å². The zero-order chi connectivity index (χ0) is 22.5. The van der Waals surface area contributed by atoms with Crippen LogP contribution in [0.15, 0.2) is 72.1 Å². The molecule has 0 fully saturated rings. The van der Waals surface area contributed by atoms with E-state index >= 15 is 0 Å². The number of carbonyl (C=O) groups excluding carboxylic acids is 1. The van der Waals surface area contributed by atoms with Crippen LogP contribution in [0.2, 0.25) is 0 Å². The van der Waals surface area contributed by atoms with Gasteiger partial charge in [-0.2, -0.15) is 0 Å². The molecule has 1 heterocycles. The Balaban J connectivity index is 1.35. The number of carbonyl (C=O) groups is 1. The van der Waals surface area contributed by atoms with E-state index in [0.29, 0.717) is 16.3 Å². The van der Waals surface area contributed by atoms with E-state index in [1.807, 2.05) is 0 Å². The molecule has 32 heavy (non-hydrogen) atoms. The summed E-state index contributed by atoms with van der Waals surface area (Å²) in [5, 5.41) is 5.02. The second-order valence-electron chi connectivity index (χ2n) is 6.90. The molecule has 0 saturated carbocycles. The third-order valence-electron chi connectivity index (χ3n) is 4.59. The van der Waals surface area contributed by atoms with Crippen molar-refractivity contribution in [2.45, 2.75) is 13.2 Å². The van der Waals surface area contributed by atoms with Gasteiger partial charge in [0.15, 0.2) is 0 Å². The molecule has 4 nitrogen and oxygen atoms in total. The van der Waals surface area contributed by atoms with E-state index in [4.69, 9.17) is 4.74 Å². The van der Waals surface area contributed by atoms with Crippen LogP contribution in [0, 0.1) is 17.5 Å². The summed E-state index contributed by atoms with van der Waals surface area (Å²) in [6, 6.07) is 16.3. The topological polar surface area (TPSA) is 51.2 Å². The largest absolute Gasteiger partial charge is 0.489 e. The Morgan fingerprint density at radius 2 is 1.75 bits per heavy atom. The number of hydrogen-bond acceptors (Lipinski definition) is 4. The first kappa shape index (κ1) is 21.6. The number of nitrogens with one attached hydrogen (secondary N) is 1. The number of rotatable bonds is 7. The van der Waals surface area contributed by atoms with E-state index in [1.54, 1.807) is 41.8 Å². The van der Waals surface area contributed by atoms with Crippen LogP contribution >= 0.6 is 11.3 Å². The van der Waals surface area contributed by atoms with E-state index in [2.05, 4.69) is 10.3 Å². The van der Waals surface area contributed by atoms with Gasteiger partial charge in [0.1, 0.15) is 40.5 Å². The smallest absolute Gasteiger partial charge is 0.271 e. The summed E-state index contributed by atoms with van der Waals surface area (Å²) in [7, 11) is 0. The maximum absolute atomic E-state index is 13.7. The highest BCUT2D eigenvalue weighted by Gasteiger charge is 2.12. The average molecular weight is 454 g/mol. The zero-order valence-electron chi connectivity index (χ0n) is 16.6. The minimum Gasteiger partial charge on any atom is -0.489 e. The number of aromatic nitrogens is 1. The number of nitrogens with zero attached hydrogens (tertiary/aromatic N) is 1. The second kappa shape index (κ2) is 9.65. The maximum atomic E-state index is 13.7. The number of ether oxygens (including phenoxy) is 1. The fraction of sp³-hybridized carbons (Fsp3) is 0.0833. The van der Waals surface area contributed by atoms with Gasteiger partial charge in [0.25, 0.3) is 5.91 Å². The van der Waals surface area contributed by atoms with Crippen LogP contribution in [-0.4, -0.2) is 10.9 Å². The minimum absolute atomic E-state index is 0.0294. The van der Waals surface area contributed by atoms with Crippen molar-refractivity contribution >= 4 is 17.2 Å². The van der Waals surface area contributed by atoms with Gasteiger partial charge in [-0.3, -0.25) is 4.79 Å². The van der Waals surface area contributed by atoms with Gasteiger partial charge in [0, 0.05) is 29.1 Å². The minimum atomic E-state index is -0.660. The summed E-state index contributed by atoms with van der Waals surface area (Å²) in [6.45, 7) is 0.169. The predicted octanol–water partition coefficient (Wildman–Crippen LogP) is 5.74. The first-order chi connectivity index (χ1) is 15.5. The molecule has 0 aliphatic rings. The molecule has 0 aliphatic carbocycles. The lowest BCUT2D eigenvalue weighted by molar-refractivity contribution is 0.0946. The molecule has 0 unspecified atom stereocenters. The summed E-state index contributed by atoms with van der Waals surface area (Å²) in [6.07, 6.45) is 0. The van der Waals surface area contributed by atoms with E-state index in [9.17, 15) is 18.0 Å². The molecule has 0 bridgehead atoms. The number of hydrogen-bond donors (Lipinski definition) is 1. The monoisotopic (exact) mass is 454 g/mol. The van der Waals surface area contributed by atoms with E-state index in [-0.39, 0.29) is 36.1 Å². The lowest BCUT2D eigenvalue weighted by Gasteiger charge is -2.08. The van der Waals surface area contributed by atoms with Crippen molar-refractivity contribution < 1.29 is 22.7 Å². The van der Waals surface area contributed by atoms with Crippen LogP contribution in [0.25, 0.3) is 10.6 Å². The van der Waals surface area contributed by atoms with E-state index < -0.39 is 11.6 Å². The van der Waals surface area contributed by atoms with Crippen LogP contribution < -0.4 is 10.1 Å². The standard InChI is InChI=1S/C24H17F3N2O2S/c25-18-3-1-2-15(10-18)12-28-23(30)22-14-32-24(29-22)16-5-8-20(9-6-16)31-13-17-4-7-19(26)11-21(17)27/h1-11,14H,12-13H2,(H,28,30). The predicted molar refractivity (Wildman–Crippen MR) is 116 cm³/mol. The van der Waals surface area contributed by atoms with E-state index in [0.717, 1.165) is 11.6 Å². The third kappa shape index (κ3) is 5.33. The molecule has 8 heteroatoms. The van der Waals surface area contributed by atoms with Crippen molar-refractivity contribution in [1.82, 2.24) is 10.3 Å². The van der Waals surface area contributed by atoms with E-state index in [1.165, 1.54) is 35.6 Å². The SMILES string of the molecule is O=C(NCc1cccc(F)c1)c1csc(-c2ccc(OCc3ccc(F)cc3F)cc2)n1. The molecular formula is C24H17F3N2O2S. The van der Waals surface area contributed by atoms with Crippen molar-refractivity contribution in [3.63, 3.8) is 0 Å². The number of benzene rings is 3. The van der Waals surface area contributed by atoms with Crippen molar-refractivity contribution in [2.75, 3.05) is 0 Å². The van der Waals surface area contributed by atoms with Crippen LogP contribution in [0.4, 0.5) is 13.2 Å².